The molecule has 0 saturated carbocycles. The number of nitrogens with zero attached hydrogens (tertiary/aromatic N) is 2. The van der Waals surface area contributed by atoms with Crippen LogP contribution in [0.2, 0.25) is 0 Å². The number of carbonyl (C=O) groups excluding carboxylic acids is 1. The Hall–Kier alpha value is -1.39. The molecule has 4 heteroatoms. The molecule has 0 unspecified atom stereocenters. The van der Waals surface area contributed by atoms with Crippen LogP contribution in [0.3, 0.4) is 0 Å². The summed E-state index contributed by atoms with van der Waals surface area (Å²) in [6.07, 6.45) is 1.58. The number of hydrogen-bond acceptors (Lipinski definition) is 3. The molecule has 0 N–H and O–H groups in total. The molecule has 1 fully saturated rings. The minimum atomic E-state index is 0.274. The average molecular weight is 315 g/mol. The van der Waals surface area contributed by atoms with Crippen LogP contribution in [0.15, 0.2) is 24.3 Å². The topological polar surface area (TPSA) is 32.8 Å². The molecule has 23 heavy (non-hydrogen) atoms. The fraction of sp³-hybridized carbons (Fsp3) is 0.579. The van der Waals surface area contributed by atoms with Crippen LogP contribution in [0.1, 0.15) is 31.4 Å². The molecule has 2 heterocycles. The van der Waals surface area contributed by atoms with Gasteiger partial charge >= 0.3 is 0 Å². The zero-order valence-electron chi connectivity index (χ0n) is 14.3. The van der Waals surface area contributed by atoms with Gasteiger partial charge < -0.3 is 9.64 Å². The molecule has 1 atom stereocenters. The second-order valence-corrected chi connectivity index (χ2v) is 6.94. The van der Waals surface area contributed by atoms with Gasteiger partial charge in [-0.25, -0.2) is 0 Å². The van der Waals surface area contributed by atoms with Gasteiger partial charge in [0.1, 0.15) is 0 Å². The lowest BCUT2D eigenvalue weighted by atomic mass is 9.91. The van der Waals surface area contributed by atoms with Gasteiger partial charge in [0.25, 0.3) is 0 Å². The Bertz CT molecular complexity index is 538. The zero-order valence-corrected chi connectivity index (χ0v) is 14.3. The van der Waals surface area contributed by atoms with Crippen molar-refractivity contribution in [2.45, 2.75) is 39.3 Å². The SMILES string of the molecule is C[C](C)CN1Cc2ccccc2C[C@H]1CC(=O)N1CCOCC1. The highest BCUT2D eigenvalue weighted by Crippen LogP contribution is 2.26. The molecule has 125 valence electrons. The van der Waals surface area contributed by atoms with E-state index >= 15 is 0 Å². The largest absolute Gasteiger partial charge is 0.378 e. The Morgan fingerprint density at radius 2 is 1.87 bits per heavy atom. The molecule has 1 radical (unpaired) electrons. The van der Waals surface area contributed by atoms with Gasteiger partial charge in [-0.15, -0.1) is 0 Å². The van der Waals surface area contributed by atoms with Crippen LogP contribution in [-0.2, 0) is 22.5 Å². The lowest BCUT2D eigenvalue weighted by molar-refractivity contribution is -0.136. The Morgan fingerprint density at radius 1 is 1.17 bits per heavy atom. The molecule has 0 aromatic heterocycles. The maximum atomic E-state index is 12.6. The number of rotatable bonds is 4. The highest BCUT2D eigenvalue weighted by Gasteiger charge is 2.30. The fourth-order valence-corrected chi connectivity index (χ4v) is 3.58. The smallest absolute Gasteiger partial charge is 0.224 e. The number of benzene rings is 1. The molecule has 3 rings (SSSR count). The fourth-order valence-electron chi connectivity index (χ4n) is 3.58. The molecule has 1 amide bonds. The highest BCUT2D eigenvalue weighted by atomic mass is 16.5. The first-order valence-corrected chi connectivity index (χ1v) is 8.59. The van der Waals surface area contributed by atoms with Crippen molar-refractivity contribution in [2.24, 2.45) is 0 Å². The molecule has 1 saturated heterocycles. The quantitative estimate of drug-likeness (QED) is 0.854. The average Bonchev–Trinajstić information content (AvgIpc) is 2.55. The van der Waals surface area contributed by atoms with Gasteiger partial charge in [-0.2, -0.15) is 0 Å². The summed E-state index contributed by atoms with van der Waals surface area (Å²) in [7, 11) is 0. The number of fused-ring (bicyclic) bond motifs is 1. The van der Waals surface area contributed by atoms with Crippen LogP contribution in [0.5, 0.6) is 0 Å². The third kappa shape index (κ3) is 4.12. The van der Waals surface area contributed by atoms with E-state index in [0.29, 0.717) is 25.7 Å². The normalized spacial score (nSPS) is 22.2. The minimum Gasteiger partial charge on any atom is -0.378 e. The van der Waals surface area contributed by atoms with E-state index in [-0.39, 0.29) is 5.91 Å². The number of carbonyl (C=O) groups is 1. The first-order valence-electron chi connectivity index (χ1n) is 8.59. The Labute approximate surface area is 139 Å². The van der Waals surface area contributed by atoms with Crippen molar-refractivity contribution in [3.63, 3.8) is 0 Å². The van der Waals surface area contributed by atoms with E-state index in [0.717, 1.165) is 32.6 Å². The molecular formula is C19H27N2O2. The monoisotopic (exact) mass is 315 g/mol. The van der Waals surface area contributed by atoms with E-state index in [2.05, 4.69) is 43.0 Å². The second-order valence-electron chi connectivity index (χ2n) is 6.94. The third-order valence-corrected chi connectivity index (χ3v) is 4.76. The molecule has 1 aromatic carbocycles. The van der Waals surface area contributed by atoms with Crippen LogP contribution in [-0.4, -0.2) is 54.6 Å². The maximum absolute atomic E-state index is 12.6. The zero-order chi connectivity index (χ0) is 16.2. The van der Waals surface area contributed by atoms with Crippen molar-refractivity contribution in [3.8, 4) is 0 Å². The summed E-state index contributed by atoms with van der Waals surface area (Å²) in [6.45, 7) is 9.07. The lowest BCUT2D eigenvalue weighted by Crippen LogP contribution is -2.47. The van der Waals surface area contributed by atoms with E-state index in [1.807, 2.05) is 4.90 Å². The first kappa shape index (κ1) is 16.5. The first-order chi connectivity index (χ1) is 11.1. The van der Waals surface area contributed by atoms with Crippen molar-refractivity contribution < 1.29 is 9.53 Å². The van der Waals surface area contributed by atoms with Crippen molar-refractivity contribution >= 4 is 5.91 Å². The van der Waals surface area contributed by atoms with Gasteiger partial charge in [0.05, 0.1) is 13.2 Å². The van der Waals surface area contributed by atoms with E-state index in [1.165, 1.54) is 17.0 Å². The van der Waals surface area contributed by atoms with E-state index in [1.54, 1.807) is 0 Å². The van der Waals surface area contributed by atoms with Crippen molar-refractivity contribution in [1.29, 1.82) is 0 Å². The minimum absolute atomic E-state index is 0.274. The summed E-state index contributed by atoms with van der Waals surface area (Å²) in [6, 6.07) is 8.94. The number of amides is 1. The number of ether oxygens (including phenoxy) is 1. The Morgan fingerprint density at radius 3 is 2.57 bits per heavy atom. The summed E-state index contributed by atoms with van der Waals surface area (Å²) < 4.78 is 5.35. The van der Waals surface area contributed by atoms with E-state index in [9.17, 15) is 4.79 Å². The Kier molecular flexibility index (Phi) is 5.34. The lowest BCUT2D eigenvalue weighted by Gasteiger charge is -2.38. The van der Waals surface area contributed by atoms with Crippen LogP contribution in [0.4, 0.5) is 0 Å². The Balaban J connectivity index is 1.70. The summed E-state index contributed by atoms with van der Waals surface area (Å²) in [5.74, 6) is 1.67. The molecule has 1 aromatic rings. The second kappa shape index (κ2) is 7.45. The summed E-state index contributed by atoms with van der Waals surface area (Å²) in [5.41, 5.74) is 2.81. The van der Waals surface area contributed by atoms with Gasteiger partial charge in [0, 0.05) is 38.6 Å². The molecule has 0 spiro atoms. The molecule has 2 aliphatic rings. The predicted octanol–water partition coefficient (Wildman–Crippen LogP) is 2.28. The van der Waals surface area contributed by atoms with Gasteiger partial charge in [-0.05, 0) is 23.5 Å². The summed E-state index contributed by atoms with van der Waals surface area (Å²) in [4.78, 5) is 17.1. The highest BCUT2D eigenvalue weighted by molar-refractivity contribution is 5.77. The van der Waals surface area contributed by atoms with Crippen LogP contribution >= 0.6 is 0 Å². The number of morpholine rings is 1. The van der Waals surface area contributed by atoms with E-state index in [4.69, 9.17) is 4.74 Å². The third-order valence-electron chi connectivity index (χ3n) is 4.76. The van der Waals surface area contributed by atoms with Crippen LogP contribution < -0.4 is 0 Å². The van der Waals surface area contributed by atoms with Gasteiger partial charge in [0.15, 0.2) is 0 Å². The van der Waals surface area contributed by atoms with Gasteiger partial charge in [0.2, 0.25) is 5.91 Å². The molecule has 4 nitrogen and oxygen atoms in total. The van der Waals surface area contributed by atoms with Crippen molar-refractivity contribution in [3.05, 3.63) is 41.3 Å². The van der Waals surface area contributed by atoms with Crippen molar-refractivity contribution in [2.75, 3.05) is 32.8 Å². The summed E-state index contributed by atoms with van der Waals surface area (Å²) in [5, 5.41) is 0. The summed E-state index contributed by atoms with van der Waals surface area (Å²) >= 11 is 0. The molecule has 0 aliphatic carbocycles. The molecule has 2 aliphatic heterocycles. The van der Waals surface area contributed by atoms with Gasteiger partial charge in [-0.3, -0.25) is 9.69 Å². The molecule has 0 bridgehead atoms. The molecular weight excluding hydrogens is 288 g/mol. The standard InChI is InChI=1S/C19H27N2O2/c1-15(2)13-21-14-17-6-4-3-5-16(17)11-18(21)12-19(22)20-7-9-23-10-8-20/h3-6,18H,7-14H2,1-2H3/t18-/m0/s1. The number of hydrogen-bond donors (Lipinski definition) is 0. The maximum Gasteiger partial charge on any atom is 0.224 e. The van der Waals surface area contributed by atoms with E-state index < -0.39 is 0 Å². The van der Waals surface area contributed by atoms with Crippen molar-refractivity contribution in [1.82, 2.24) is 9.80 Å². The van der Waals surface area contributed by atoms with Gasteiger partial charge in [-0.1, -0.05) is 38.1 Å². The predicted molar refractivity (Wildman–Crippen MR) is 91.0 cm³/mol. The van der Waals surface area contributed by atoms with Crippen LogP contribution in [0, 0.1) is 5.92 Å². The van der Waals surface area contributed by atoms with Crippen LogP contribution in [0.25, 0.3) is 0 Å².